The van der Waals surface area contributed by atoms with E-state index < -0.39 is 0 Å². The molecule has 1 aliphatic heterocycles. The average Bonchev–Trinajstić information content (AvgIpc) is 2.78. The standard InChI is InChI=1S/C25H20ClN3O/c26-21-7-5-17(6-8-21)16-1-3-18(4-2-16)25(30)28-22-9-10-23-19(14-22)13-20-15-27-12-11-24(20)29-23/h1-10,13-14,27H,11-12,15H2,(H,28,30). The summed E-state index contributed by atoms with van der Waals surface area (Å²) in [5.74, 6) is -0.135. The molecular weight excluding hydrogens is 394 g/mol. The van der Waals surface area contributed by atoms with E-state index in [1.165, 1.54) is 11.3 Å². The molecule has 0 bridgehead atoms. The molecule has 0 aliphatic carbocycles. The van der Waals surface area contributed by atoms with Gasteiger partial charge < -0.3 is 10.6 Å². The van der Waals surface area contributed by atoms with Crippen LogP contribution in [0.5, 0.6) is 0 Å². The molecule has 1 amide bonds. The van der Waals surface area contributed by atoms with Gasteiger partial charge in [0.05, 0.1) is 5.52 Å². The highest BCUT2D eigenvalue weighted by atomic mass is 35.5. The number of nitrogens with one attached hydrogen (secondary N) is 2. The van der Waals surface area contributed by atoms with Crippen molar-refractivity contribution in [2.45, 2.75) is 13.0 Å². The number of anilines is 1. The number of hydrogen-bond acceptors (Lipinski definition) is 3. The van der Waals surface area contributed by atoms with E-state index in [-0.39, 0.29) is 5.91 Å². The Morgan fingerprint density at radius 2 is 1.67 bits per heavy atom. The van der Waals surface area contributed by atoms with Crippen LogP contribution in [0.2, 0.25) is 5.02 Å². The lowest BCUT2D eigenvalue weighted by atomic mass is 10.0. The van der Waals surface area contributed by atoms with Crippen LogP contribution >= 0.6 is 11.6 Å². The number of rotatable bonds is 3. The Hall–Kier alpha value is -3.21. The Balaban J connectivity index is 1.35. The van der Waals surface area contributed by atoms with E-state index in [0.717, 1.165) is 47.2 Å². The second-order valence-electron chi connectivity index (χ2n) is 7.47. The summed E-state index contributed by atoms with van der Waals surface area (Å²) in [7, 11) is 0. The fourth-order valence-corrected chi connectivity index (χ4v) is 3.92. The summed E-state index contributed by atoms with van der Waals surface area (Å²) in [6.07, 6.45) is 0.954. The molecule has 4 nitrogen and oxygen atoms in total. The van der Waals surface area contributed by atoms with Crippen molar-refractivity contribution in [3.8, 4) is 11.1 Å². The van der Waals surface area contributed by atoms with E-state index in [4.69, 9.17) is 16.6 Å². The van der Waals surface area contributed by atoms with Crippen LogP contribution in [0.1, 0.15) is 21.6 Å². The zero-order valence-corrected chi connectivity index (χ0v) is 17.0. The van der Waals surface area contributed by atoms with Crippen molar-refractivity contribution < 1.29 is 4.79 Å². The summed E-state index contributed by atoms with van der Waals surface area (Å²) < 4.78 is 0. The second kappa shape index (κ2) is 7.90. The molecule has 30 heavy (non-hydrogen) atoms. The van der Waals surface area contributed by atoms with Crippen molar-refractivity contribution in [2.75, 3.05) is 11.9 Å². The smallest absolute Gasteiger partial charge is 0.255 e. The molecule has 0 saturated carbocycles. The minimum atomic E-state index is -0.135. The lowest BCUT2D eigenvalue weighted by Gasteiger charge is -2.17. The number of hydrogen-bond donors (Lipinski definition) is 2. The van der Waals surface area contributed by atoms with Gasteiger partial charge in [0.2, 0.25) is 0 Å². The molecule has 4 aromatic rings. The van der Waals surface area contributed by atoms with Gasteiger partial charge in [0.15, 0.2) is 0 Å². The van der Waals surface area contributed by atoms with Crippen molar-refractivity contribution in [1.29, 1.82) is 0 Å². The van der Waals surface area contributed by atoms with Gasteiger partial charge in [0.25, 0.3) is 5.91 Å². The van der Waals surface area contributed by atoms with Crippen molar-refractivity contribution in [3.63, 3.8) is 0 Å². The first-order valence-corrected chi connectivity index (χ1v) is 10.3. The van der Waals surface area contributed by atoms with Gasteiger partial charge in [0, 0.05) is 46.9 Å². The van der Waals surface area contributed by atoms with Gasteiger partial charge in [-0.1, -0.05) is 35.9 Å². The molecular formula is C25H20ClN3O. The number of carbonyl (C=O) groups excluding carboxylic acids is 1. The summed E-state index contributed by atoms with van der Waals surface area (Å²) >= 11 is 5.95. The Labute approximate surface area is 179 Å². The Morgan fingerprint density at radius 1 is 0.933 bits per heavy atom. The van der Waals surface area contributed by atoms with E-state index >= 15 is 0 Å². The van der Waals surface area contributed by atoms with E-state index in [1.54, 1.807) is 0 Å². The van der Waals surface area contributed by atoms with E-state index in [0.29, 0.717) is 10.6 Å². The molecule has 0 spiro atoms. The quantitative estimate of drug-likeness (QED) is 0.469. The number of nitrogens with zero attached hydrogens (tertiary/aromatic N) is 1. The summed E-state index contributed by atoms with van der Waals surface area (Å²) in [5.41, 5.74) is 6.83. The van der Waals surface area contributed by atoms with E-state index in [1.807, 2.05) is 66.7 Å². The number of pyridine rings is 1. The number of halogens is 1. The van der Waals surface area contributed by atoms with E-state index in [9.17, 15) is 4.79 Å². The molecule has 148 valence electrons. The van der Waals surface area contributed by atoms with Crippen LogP contribution in [-0.2, 0) is 13.0 Å². The fourth-order valence-electron chi connectivity index (χ4n) is 3.80. The van der Waals surface area contributed by atoms with Gasteiger partial charge in [0.1, 0.15) is 0 Å². The molecule has 5 rings (SSSR count). The largest absolute Gasteiger partial charge is 0.322 e. The molecule has 1 aromatic heterocycles. The first-order valence-electron chi connectivity index (χ1n) is 9.96. The van der Waals surface area contributed by atoms with Crippen molar-refractivity contribution in [1.82, 2.24) is 10.3 Å². The fraction of sp³-hybridized carbons (Fsp3) is 0.120. The van der Waals surface area contributed by atoms with Crippen LogP contribution < -0.4 is 10.6 Å². The lowest BCUT2D eigenvalue weighted by molar-refractivity contribution is 0.102. The van der Waals surface area contributed by atoms with Crippen LogP contribution in [0.3, 0.4) is 0 Å². The van der Waals surface area contributed by atoms with Crippen LogP contribution in [0, 0.1) is 0 Å². The van der Waals surface area contributed by atoms with Crippen LogP contribution in [0.15, 0.2) is 72.8 Å². The van der Waals surface area contributed by atoms with Crippen LogP contribution in [0.25, 0.3) is 22.0 Å². The van der Waals surface area contributed by atoms with Crippen molar-refractivity contribution in [2.24, 2.45) is 0 Å². The summed E-state index contributed by atoms with van der Waals surface area (Å²) in [6.45, 7) is 1.81. The summed E-state index contributed by atoms with van der Waals surface area (Å²) in [6, 6.07) is 23.2. The second-order valence-corrected chi connectivity index (χ2v) is 7.90. The predicted molar refractivity (Wildman–Crippen MR) is 122 cm³/mol. The van der Waals surface area contributed by atoms with Gasteiger partial charge in [-0.05, 0) is 65.2 Å². The highest BCUT2D eigenvalue weighted by Crippen LogP contribution is 2.24. The minimum absolute atomic E-state index is 0.135. The SMILES string of the molecule is O=C(Nc1ccc2nc3c(cc2c1)CNCC3)c1ccc(-c2ccc(Cl)cc2)cc1. The van der Waals surface area contributed by atoms with Gasteiger partial charge in [-0.25, -0.2) is 0 Å². The Bertz CT molecular complexity index is 1230. The van der Waals surface area contributed by atoms with Gasteiger partial charge >= 0.3 is 0 Å². The molecule has 2 heterocycles. The highest BCUT2D eigenvalue weighted by molar-refractivity contribution is 6.30. The summed E-state index contributed by atoms with van der Waals surface area (Å²) in [5, 5.41) is 8.12. The van der Waals surface area contributed by atoms with Crippen LogP contribution in [0.4, 0.5) is 5.69 Å². The zero-order valence-electron chi connectivity index (χ0n) is 16.3. The molecule has 2 N–H and O–H groups in total. The number of benzene rings is 3. The molecule has 0 unspecified atom stereocenters. The first-order chi connectivity index (χ1) is 14.7. The maximum Gasteiger partial charge on any atom is 0.255 e. The molecule has 5 heteroatoms. The van der Waals surface area contributed by atoms with Crippen molar-refractivity contribution in [3.05, 3.63) is 94.6 Å². The molecule has 0 saturated heterocycles. The van der Waals surface area contributed by atoms with Crippen molar-refractivity contribution >= 4 is 34.1 Å². The predicted octanol–water partition coefficient (Wildman–Crippen LogP) is 5.45. The third-order valence-electron chi connectivity index (χ3n) is 5.42. The average molecular weight is 414 g/mol. The number of carbonyl (C=O) groups is 1. The monoisotopic (exact) mass is 413 g/mol. The van der Waals surface area contributed by atoms with Gasteiger partial charge in [-0.2, -0.15) is 0 Å². The normalized spacial score (nSPS) is 13.1. The maximum atomic E-state index is 12.7. The zero-order chi connectivity index (χ0) is 20.5. The van der Waals surface area contributed by atoms with Crippen LogP contribution in [-0.4, -0.2) is 17.4 Å². The van der Waals surface area contributed by atoms with E-state index in [2.05, 4.69) is 16.7 Å². The van der Waals surface area contributed by atoms with Gasteiger partial charge in [-0.3, -0.25) is 9.78 Å². The molecule has 0 radical (unpaired) electrons. The molecule has 3 aromatic carbocycles. The third kappa shape index (κ3) is 3.80. The van der Waals surface area contributed by atoms with Gasteiger partial charge in [-0.15, -0.1) is 0 Å². The number of fused-ring (bicyclic) bond motifs is 2. The lowest BCUT2D eigenvalue weighted by Crippen LogP contribution is -2.24. The highest BCUT2D eigenvalue weighted by Gasteiger charge is 2.12. The number of amides is 1. The molecule has 0 fully saturated rings. The number of aromatic nitrogens is 1. The minimum Gasteiger partial charge on any atom is -0.322 e. The maximum absolute atomic E-state index is 12.7. The first kappa shape index (κ1) is 18.8. The topological polar surface area (TPSA) is 54.0 Å². The Kier molecular flexibility index (Phi) is 4.95. The molecule has 0 atom stereocenters. The summed E-state index contributed by atoms with van der Waals surface area (Å²) in [4.78, 5) is 17.5. The Morgan fingerprint density at radius 3 is 2.43 bits per heavy atom. The molecule has 1 aliphatic rings. The third-order valence-corrected chi connectivity index (χ3v) is 5.67.